The molecular weight excluding hydrogens is 320 g/mol. The second-order valence-corrected chi connectivity index (χ2v) is 5.10. The molecule has 0 bridgehead atoms. The van der Waals surface area contributed by atoms with E-state index in [-0.39, 0.29) is 5.71 Å². The van der Waals surface area contributed by atoms with E-state index in [9.17, 15) is 4.79 Å². The zero-order valence-electron chi connectivity index (χ0n) is 13.8. The third-order valence-corrected chi connectivity index (χ3v) is 3.59. The van der Waals surface area contributed by atoms with Crippen molar-refractivity contribution < 1.29 is 18.9 Å². The Kier molecular flexibility index (Phi) is 4.89. The van der Waals surface area contributed by atoms with Crippen LogP contribution < -0.4 is 0 Å². The summed E-state index contributed by atoms with van der Waals surface area (Å²) in [6, 6.07) is 18.7. The second kappa shape index (κ2) is 7.44. The molecule has 0 saturated carbocycles. The Labute approximate surface area is 144 Å². The highest BCUT2D eigenvalue weighted by Crippen LogP contribution is 2.28. The normalized spacial score (nSPS) is 11.2. The topological polar surface area (TPSA) is 73.9 Å². The van der Waals surface area contributed by atoms with E-state index in [2.05, 4.69) is 10.3 Å². The van der Waals surface area contributed by atoms with Gasteiger partial charge < -0.3 is 14.1 Å². The minimum Gasteiger partial charge on any atom is -0.464 e. The summed E-state index contributed by atoms with van der Waals surface area (Å²) in [5.41, 5.74) is 2.79. The van der Waals surface area contributed by atoms with E-state index in [0.717, 1.165) is 5.56 Å². The number of esters is 1. The quantitative estimate of drug-likeness (QED) is 0.405. The molecule has 0 saturated heterocycles. The van der Waals surface area contributed by atoms with Crippen LogP contribution in [-0.4, -0.2) is 31.1 Å². The van der Waals surface area contributed by atoms with E-state index in [1.165, 1.54) is 14.2 Å². The first-order valence-corrected chi connectivity index (χ1v) is 7.56. The van der Waals surface area contributed by atoms with E-state index >= 15 is 0 Å². The predicted molar refractivity (Wildman–Crippen MR) is 92.9 cm³/mol. The van der Waals surface area contributed by atoms with Crippen LogP contribution in [-0.2, 0) is 14.4 Å². The van der Waals surface area contributed by atoms with Crippen LogP contribution in [0.15, 0.2) is 70.3 Å². The molecule has 0 aliphatic heterocycles. The van der Waals surface area contributed by atoms with Crippen molar-refractivity contribution in [2.45, 2.75) is 0 Å². The Morgan fingerprint density at radius 2 is 1.76 bits per heavy atom. The molecular formula is C19H16N2O4. The number of oxime groups is 1. The highest BCUT2D eigenvalue weighted by atomic mass is 16.6. The van der Waals surface area contributed by atoms with Gasteiger partial charge in [0.2, 0.25) is 0 Å². The summed E-state index contributed by atoms with van der Waals surface area (Å²) in [7, 11) is 2.66. The van der Waals surface area contributed by atoms with Gasteiger partial charge in [0.1, 0.15) is 12.8 Å². The minimum absolute atomic E-state index is 0.0601. The van der Waals surface area contributed by atoms with Crippen LogP contribution in [0.2, 0.25) is 0 Å². The number of carbonyl (C=O) groups excluding carboxylic acids is 1. The molecule has 2 aromatic carbocycles. The molecule has 0 aliphatic rings. The molecule has 6 heteroatoms. The number of carbonyl (C=O) groups is 1. The molecule has 3 rings (SSSR count). The zero-order chi connectivity index (χ0) is 17.6. The van der Waals surface area contributed by atoms with Crippen molar-refractivity contribution in [3.63, 3.8) is 0 Å². The predicted octanol–water partition coefficient (Wildman–Crippen LogP) is 3.53. The first-order chi connectivity index (χ1) is 12.2. The van der Waals surface area contributed by atoms with Crippen LogP contribution in [0, 0.1) is 0 Å². The third-order valence-electron chi connectivity index (χ3n) is 3.59. The fourth-order valence-electron chi connectivity index (χ4n) is 2.44. The molecule has 0 N–H and O–H groups in total. The Morgan fingerprint density at radius 1 is 1.04 bits per heavy atom. The van der Waals surface area contributed by atoms with E-state index in [1.807, 2.05) is 48.5 Å². The molecule has 0 radical (unpaired) electrons. The van der Waals surface area contributed by atoms with Crippen molar-refractivity contribution in [2.24, 2.45) is 5.16 Å². The average molecular weight is 336 g/mol. The summed E-state index contributed by atoms with van der Waals surface area (Å²) >= 11 is 0. The Bertz CT molecular complexity index is 901. The number of hydrogen-bond donors (Lipinski definition) is 0. The second-order valence-electron chi connectivity index (χ2n) is 5.10. The first kappa shape index (κ1) is 16.4. The van der Waals surface area contributed by atoms with Crippen molar-refractivity contribution >= 4 is 11.7 Å². The third kappa shape index (κ3) is 3.42. The molecule has 1 aromatic heterocycles. The van der Waals surface area contributed by atoms with Crippen molar-refractivity contribution in [1.82, 2.24) is 5.16 Å². The zero-order valence-corrected chi connectivity index (χ0v) is 13.8. The van der Waals surface area contributed by atoms with E-state index in [0.29, 0.717) is 22.6 Å². The standard InChI is InChI=1S/C19H16N2O4/c1-23-19(22)18(21-24-2)15-11-7-6-10-14(15)16-12-17(25-20-16)13-8-4-3-5-9-13/h3-12H,1-2H3/b21-18-. The van der Waals surface area contributed by atoms with Crippen molar-refractivity contribution in [3.8, 4) is 22.6 Å². The number of rotatable bonds is 5. The maximum atomic E-state index is 12.0. The summed E-state index contributed by atoms with van der Waals surface area (Å²) in [6.45, 7) is 0. The van der Waals surface area contributed by atoms with Gasteiger partial charge in [-0.3, -0.25) is 0 Å². The smallest absolute Gasteiger partial charge is 0.360 e. The van der Waals surface area contributed by atoms with Crippen molar-refractivity contribution in [1.29, 1.82) is 0 Å². The molecule has 0 atom stereocenters. The highest BCUT2D eigenvalue weighted by Gasteiger charge is 2.21. The van der Waals surface area contributed by atoms with Gasteiger partial charge in [-0.1, -0.05) is 64.9 Å². The van der Waals surface area contributed by atoms with E-state index in [1.54, 1.807) is 12.1 Å². The van der Waals surface area contributed by atoms with Gasteiger partial charge in [-0.25, -0.2) is 4.79 Å². The number of nitrogens with zero attached hydrogens (tertiary/aromatic N) is 2. The lowest BCUT2D eigenvalue weighted by Gasteiger charge is -2.07. The van der Waals surface area contributed by atoms with Crippen LogP contribution in [0.25, 0.3) is 22.6 Å². The minimum atomic E-state index is -0.596. The number of methoxy groups -OCH3 is 1. The molecule has 1 heterocycles. The fourth-order valence-corrected chi connectivity index (χ4v) is 2.44. The summed E-state index contributed by atoms with van der Waals surface area (Å²) in [5.74, 6) is 0.0368. The van der Waals surface area contributed by atoms with Gasteiger partial charge in [0.15, 0.2) is 11.5 Å². The summed E-state index contributed by atoms with van der Waals surface area (Å²) < 4.78 is 10.2. The summed E-state index contributed by atoms with van der Waals surface area (Å²) in [5, 5.41) is 7.93. The van der Waals surface area contributed by atoms with Crippen LogP contribution in [0.4, 0.5) is 0 Å². The first-order valence-electron chi connectivity index (χ1n) is 7.56. The summed E-state index contributed by atoms with van der Waals surface area (Å²) in [4.78, 5) is 16.8. The van der Waals surface area contributed by atoms with E-state index in [4.69, 9.17) is 14.1 Å². The molecule has 6 nitrogen and oxygen atoms in total. The monoisotopic (exact) mass is 336 g/mol. The average Bonchev–Trinajstić information content (AvgIpc) is 3.16. The molecule has 0 amide bonds. The van der Waals surface area contributed by atoms with Gasteiger partial charge in [-0.2, -0.15) is 0 Å². The Balaban J connectivity index is 2.06. The number of benzene rings is 2. The van der Waals surface area contributed by atoms with Gasteiger partial charge >= 0.3 is 5.97 Å². The van der Waals surface area contributed by atoms with Crippen LogP contribution in [0.1, 0.15) is 5.56 Å². The highest BCUT2D eigenvalue weighted by molar-refractivity contribution is 6.44. The van der Waals surface area contributed by atoms with Gasteiger partial charge in [0, 0.05) is 22.8 Å². The maximum Gasteiger partial charge on any atom is 0.360 e. The van der Waals surface area contributed by atoms with Crippen LogP contribution in [0.3, 0.4) is 0 Å². The lowest BCUT2D eigenvalue weighted by atomic mass is 10.00. The van der Waals surface area contributed by atoms with Crippen LogP contribution >= 0.6 is 0 Å². The number of aromatic nitrogens is 1. The number of hydrogen-bond acceptors (Lipinski definition) is 6. The van der Waals surface area contributed by atoms with Gasteiger partial charge in [-0.05, 0) is 0 Å². The van der Waals surface area contributed by atoms with E-state index < -0.39 is 5.97 Å². The van der Waals surface area contributed by atoms with Gasteiger partial charge in [0.05, 0.1) is 7.11 Å². The summed E-state index contributed by atoms with van der Waals surface area (Å²) in [6.07, 6.45) is 0. The molecule has 126 valence electrons. The Morgan fingerprint density at radius 3 is 2.48 bits per heavy atom. The molecule has 25 heavy (non-hydrogen) atoms. The Hall–Kier alpha value is -3.41. The lowest BCUT2D eigenvalue weighted by Crippen LogP contribution is -2.18. The SMILES string of the molecule is CO/N=C(\C(=O)OC)c1ccccc1-c1cc(-c2ccccc2)on1. The molecule has 0 unspecified atom stereocenters. The molecule has 0 fully saturated rings. The lowest BCUT2D eigenvalue weighted by molar-refractivity contribution is -0.132. The maximum absolute atomic E-state index is 12.0. The fraction of sp³-hybridized carbons (Fsp3) is 0.105. The van der Waals surface area contributed by atoms with Crippen molar-refractivity contribution in [2.75, 3.05) is 14.2 Å². The largest absolute Gasteiger partial charge is 0.464 e. The molecule has 0 spiro atoms. The van der Waals surface area contributed by atoms with Crippen molar-refractivity contribution in [3.05, 3.63) is 66.2 Å². The molecule has 0 aliphatic carbocycles. The van der Waals surface area contributed by atoms with Crippen LogP contribution in [0.5, 0.6) is 0 Å². The van der Waals surface area contributed by atoms with Gasteiger partial charge in [-0.15, -0.1) is 0 Å². The number of ether oxygens (including phenoxy) is 1. The molecule has 3 aromatic rings. The van der Waals surface area contributed by atoms with Gasteiger partial charge in [0.25, 0.3) is 0 Å².